The summed E-state index contributed by atoms with van der Waals surface area (Å²) in [6.45, 7) is 4.74. The molecule has 0 saturated carbocycles. The molecule has 0 spiro atoms. The third-order valence-electron chi connectivity index (χ3n) is 4.45. The van der Waals surface area contributed by atoms with Gasteiger partial charge in [0.1, 0.15) is 11.6 Å². The number of aromatic amines is 1. The number of H-pyrrole nitrogens is 1. The molecule has 1 aromatic carbocycles. The topological polar surface area (TPSA) is 75.3 Å². The van der Waals surface area contributed by atoms with Crippen molar-refractivity contribution in [2.75, 3.05) is 20.2 Å². The van der Waals surface area contributed by atoms with Crippen LogP contribution in [0.4, 0.5) is 0 Å². The maximum atomic E-state index is 12.6. The maximum absolute atomic E-state index is 12.6. The number of Topliss-reactive ketones (excluding diaryl/α,β-unsaturated/α-hetero) is 1. The molecule has 0 unspecified atom stereocenters. The van der Waals surface area contributed by atoms with Gasteiger partial charge in [-0.1, -0.05) is 0 Å². The van der Waals surface area contributed by atoms with Crippen LogP contribution in [0.15, 0.2) is 29.6 Å². The maximum Gasteiger partial charge on any atom is 0.227 e. The van der Waals surface area contributed by atoms with E-state index in [1.165, 1.54) is 11.3 Å². The third-order valence-corrected chi connectivity index (χ3v) is 5.53. The summed E-state index contributed by atoms with van der Waals surface area (Å²) in [5.74, 6) is 1.72. The van der Waals surface area contributed by atoms with Crippen molar-refractivity contribution in [2.45, 2.75) is 26.7 Å². The van der Waals surface area contributed by atoms with Crippen molar-refractivity contribution in [1.29, 1.82) is 0 Å². The molecule has 0 aliphatic rings. The molecule has 0 aliphatic heterocycles. The molecule has 7 heteroatoms. The number of ether oxygens (including phenoxy) is 1. The van der Waals surface area contributed by atoms with Crippen LogP contribution in [0.1, 0.15) is 34.9 Å². The fraction of sp³-hybridized carbons (Fsp3) is 0.350. The summed E-state index contributed by atoms with van der Waals surface area (Å²) in [6, 6.07) is 7.52. The zero-order chi connectivity index (χ0) is 19.4. The van der Waals surface area contributed by atoms with Gasteiger partial charge in [-0.2, -0.15) is 0 Å². The van der Waals surface area contributed by atoms with Crippen molar-refractivity contribution < 1.29 is 14.3 Å². The van der Waals surface area contributed by atoms with E-state index in [0.717, 1.165) is 28.2 Å². The Morgan fingerprint density at radius 1 is 1.30 bits per heavy atom. The van der Waals surface area contributed by atoms with Crippen LogP contribution in [0.5, 0.6) is 5.75 Å². The van der Waals surface area contributed by atoms with Crippen molar-refractivity contribution in [2.24, 2.45) is 0 Å². The monoisotopic (exact) mass is 385 g/mol. The normalized spacial score (nSPS) is 10.9. The van der Waals surface area contributed by atoms with Gasteiger partial charge in [0.05, 0.1) is 29.4 Å². The van der Waals surface area contributed by atoms with Crippen molar-refractivity contribution in [1.82, 2.24) is 14.9 Å². The second-order valence-corrected chi connectivity index (χ2v) is 7.25. The molecule has 2 aromatic heterocycles. The lowest BCUT2D eigenvalue weighted by atomic mass is 10.2. The fourth-order valence-electron chi connectivity index (χ4n) is 2.93. The summed E-state index contributed by atoms with van der Waals surface area (Å²) in [6.07, 6.45) is 0.966. The minimum atomic E-state index is 0.0348. The number of fused-ring (bicyclic) bond motifs is 1. The van der Waals surface area contributed by atoms with Crippen molar-refractivity contribution in [3.8, 4) is 5.75 Å². The Balaban J connectivity index is 1.62. The minimum Gasteiger partial charge on any atom is -0.497 e. The lowest BCUT2D eigenvalue weighted by molar-refractivity contribution is -0.130. The number of nitrogens with one attached hydrogen (secondary N) is 1. The van der Waals surface area contributed by atoms with E-state index in [-0.39, 0.29) is 11.7 Å². The van der Waals surface area contributed by atoms with E-state index < -0.39 is 0 Å². The average molecular weight is 385 g/mol. The first-order valence-corrected chi connectivity index (χ1v) is 9.77. The number of ketones is 1. The van der Waals surface area contributed by atoms with Crippen LogP contribution in [-0.2, 0) is 17.6 Å². The number of amides is 1. The number of aromatic nitrogens is 2. The number of hydrogen-bond acceptors (Lipinski definition) is 5. The molecule has 0 radical (unpaired) electrons. The SMILES string of the molecule is CCN(CCc1nc2ccc(OC)cc2[nH]1)C(=O)Cc1csc(C(C)=O)c1. The molecule has 0 saturated heterocycles. The Morgan fingerprint density at radius 3 is 2.78 bits per heavy atom. The van der Waals surface area contributed by atoms with E-state index in [1.54, 1.807) is 14.0 Å². The Labute approximate surface area is 162 Å². The standard InChI is InChI=1S/C20H23N3O3S/c1-4-23(20(25)10-14-9-18(13(2)24)27-12-14)8-7-19-21-16-6-5-15(26-3)11-17(16)22-19/h5-6,9,11-12H,4,7-8,10H2,1-3H3,(H,21,22). The molecular weight excluding hydrogens is 362 g/mol. The number of imidazole rings is 1. The molecule has 0 bridgehead atoms. The van der Waals surface area contributed by atoms with Crippen LogP contribution in [-0.4, -0.2) is 46.8 Å². The van der Waals surface area contributed by atoms with Crippen molar-refractivity contribution in [3.05, 3.63) is 45.9 Å². The van der Waals surface area contributed by atoms with Gasteiger partial charge in [-0.25, -0.2) is 4.98 Å². The highest BCUT2D eigenvalue weighted by Crippen LogP contribution is 2.19. The first-order valence-electron chi connectivity index (χ1n) is 8.89. The van der Waals surface area contributed by atoms with Crippen LogP contribution in [0, 0.1) is 0 Å². The van der Waals surface area contributed by atoms with E-state index in [9.17, 15) is 9.59 Å². The highest BCUT2D eigenvalue weighted by Gasteiger charge is 2.15. The van der Waals surface area contributed by atoms with Crippen LogP contribution in [0.3, 0.4) is 0 Å². The summed E-state index contributed by atoms with van der Waals surface area (Å²) in [5.41, 5.74) is 2.70. The van der Waals surface area contributed by atoms with Crippen LogP contribution in [0.2, 0.25) is 0 Å². The molecule has 142 valence electrons. The van der Waals surface area contributed by atoms with Crippen LogP contribution < -0.4 is 4.74 Å². The molecule has 3 rings (SSSR count). The Morgan fingerprint density at radius 2 is 2.11 bits per heavy atom. The predicted octanol–water partition coefficient (Wildman–Crippen LogP) is 3.47. The number of carbonyl (C=O) groups is 2. The summed E-state index contributed by atoms with van der Waals surface area (Å²) >= 11 is 1.39. The van der Waals surface area contributed by atoms with Gasteiger partial charge in [-0.05, 0) is 43.0 Å². The molecule has 1 amide bonds. The highest BCUT2D eigenvalue weighted by molar-refractivity contribution is 7.12. The van der Waals surface area contributed by atoms with Crippen molar-refractivity contribution >= 4 is 34.1 Å². The van der Waals surface area contributed by atoms with Crippen LogP contribution >= 0.6 is 11.3 Å². The van der Waals surface area contributed by atoms with Gasteiger partial charge in [-0.15, -0.1) is 11.3 Å². The number of likely N-dealkylation sites (N-methyl/N-ethyl adjacent to an activating group) is 1. The van der Waals surface area contributed by atoms with E-state index in [1.807, 2.05) is 41.5 Å². The Kier molecular flexibility index (Phi) is 5.91. The zero-order valence-corrected chi connectivity index (χ0v) is 16.6. The third kappa shape index (κ3) is 4.54. The number of nitrogens with zero attached hydrogens (tertiary/aromatic N) is 2. The second-order valence-electron chi connectivity index (χ2n) is 6.34. The molecule has 1 N–H and O–H groups in total. The Hall–Kier alpha value is -2.67. The molecule has 6 nitrogen and oxygen atoms in total. The fourth-order valence-corrected chi connectivity index (χ4v) is 3.74. The number of hydrogen-bond donors (Lipinski definition) is 1. The van der Waals surface area contributed by atoms with E-state index in [2.05, 4.69) is 9.97 Å². The van der Waals surface area contributed by atoms with Gasteiger partial charge in [0, 0.05) is 25.6 Å². The second kappa shape index (κ2) is 8.35. The average Bonchev–Trinajstić information content (AvgIpc) is 3.28. The zero-order valence-electron chi connectivity index (χ0n) is 15.7. The van der Waals surface area contributed by atoms with Gasteiger partial charge in [-0.3, -0.25) is 9.59 Å². The molecule has 2 heterocycles. The Bertz CT molecular complexity index is 960. The van der Waals surface area contributed by atoms with E-state index >= 15 is 0 Å². The van der Waals surface area contributed by atoms with E-state index in [0.29, 0.717) is 30.8 Å². The summed E-state index contributed by atoms with van der Waals surface area (Å²) in [5, 5.41) is 1.88. The number of methoxy groups -OCH3 is 1. The molecule has 0 atom stereocenters. The quantitative estimate of drug-likeness (QED) is 0.603. The molecule has 0 aliphatic carbocycles. The molecular formula is C20H23N3O3S. The lowest BCUT2D eigenvalue weighted by Gasteiger charge is -2.20. The summed E-state index contributed by atoms with van der Waals surface area (Å²) in [4.78, 5) is 34.4. The number of rotatable bonds is 8. The number of carbonyl (C=O) groups excluding carboxylic acids is 2. The molecule has 3 aromatic rings. The van der Waals surface area contributed by atoms with Crippen molar-refractivity contribution in [3.63, 3.8) is 0 Å². The predicted molar refractivity (Wildman–Crippen MR) is 107 cm³/mol. The summed E-state index contributed by atoms with van der Waals surface area (Å²) in [7, 11) is 1.63. The minimum absolute atomic E-state index is 0.0348. The van der Waals surface area contributed by atoms with Gasteiger partial charge in [0.15, 0.2) is 5.78 Å². The summed E-state index contributed by atoms with van der Waals surface area (Å²) < 4.78 is 5.23. The van der Waals surface area contributed by atoms with Gasteiger partial charge < -0.3 is 14.6 Å². The lowest BCUT2D eigenvalue weighted by Crippen LogP contribution is -2.34. The van der Waals surface area contributed by atoms with E-state index in [4.69, 9.17) is 4.74 Å². The first-order chi connectivity index (χ1) is 13.0. The highest BCUT2D eigenvalue weighted by atomic mass is 32.1. The largest absolute Gasteiger partial charge is 0.497 e. The van der Waals surface area contributed by atoms with Gasteiger partial charge >= 0.3 is 0 Å². The first kappa shape index (κ1) is 19.1. The van der Waals surface area contributed by atoms with Gasteiger partial charge in [0.25, 0.3) is 0 Å². The van der Waals surface area contributed by atoms with Crippen LogP contribution in [0.25, 0.3) is 11.0 Å². The molecule has 0 fully saturated rings. The smallest absolute Gasteiger partial charge is 0.227 e. The van der Waals surface area contributed by atoms with Gasteiger partial charge in [0.2, 0.25) is 5.91 Å². The molecule has 27 heavy (non-hydrogen) atoms. The number of benzene rings is 1. The number of thiophene rings is 1.